The first kappa shape index (κ1) is 10.3. The number of nitrogens with zero attached hydrogens (tertiary/aromatic N) is 1. The lowest BCUT2D eigenvalue weighted by molar-refractivity contribution is -0.131. The van der Waals surface area contributed by atoms with Gasteiger partial charge in [0.15, 0.2) is 0 Å². The molecule has 14 heavy (non-hydrogen) atoms. The third kappa shape index (κ3) is 2.05. The lowest BCUT2D eigenvalue weighted by atomic mass is 10.1. The average molecular weight is 216 g/mol. The van der Waals surface area contributed by atoms with E-state index in [2.05, 4.69) is 6.92 Å². The maximum Gasteiger partial charge on any atom is 0.225 e. The Hall–Kier alpha value is -0.240. The van der Waals surface area contributed by atoms with Crippen molar-refractivity contribution in [2.45, 2.75) is 26.2 Å². The summed E-state index contributed by atoms with van der Waals surface area (Å²) in [5, 5.41) is 0. The predicted octanol–water partition coefficient (Wildman–Crippen LogP) is 2.12. The number of likely N-dealkylation sites (tertiary alicyclic amines) is 1. The molecule has 2 aliphatic rings. The molecule has 0 bridgehead atoms. The molecule has 0 spiro atoms. The molecule has 0 aromatic heterocycles. The number of carbonyl (C=O) groups is 1. The number of alkyl halides is 1. The fraction of sp³-hybridized carbons (Fsp3) is 0.909. The molecule has 2 rings (SSSR count). The molecule has 1 amide bonds. The van der Waals surface area contributed by atoms with E-state index in [-0.39, 0.29) is 0 Å². The van der Waals surface area contributed by atoms with Crippen LogP contribution in [-0.2, 0) is 4.79 Å². The molecule has 0 aromatic rings. The molecule has 3 unspecified atom stereocenters. The van der Waals surface area contributed by atoms with Gasteiger partial charge in [0.25, 0.3) is 0 Å². The first-order chi connectivity index (χ1) is 6.72. The molecule has 1 heterocycles. The van der Waals surface area contributed by atoms with E-state index in [0.29, 0.717) is 23.7 Å². The van der Waals surface area contributed by atoms with Crippen molar-refractivity contribution in [3.63, 3.8) is 0 Å². The Morgan fingerprint density at radius 1 is 1.57 bits per heavy atom. The quantitative estimate of drug-likeness (QED) is 0.661. The van der Waals surface area contributed by atoms with Gasteiger partial charge in [-0.3, -0.25) is 4.79 Å². The van der Waals surface area contributed by atoms with Crippen LogP contribution in [0.3, 0.4) is 0 Å². The lowest BCUT2D eigenvalue weighted by Gasteiger charge is -2.16. The summed E-state index contributed by atoms with van der Waals surface area (Å²) in [6, 6.07) is 0. The van der Waals surface area contributed by atoms with Crippen molar-refractivity contribution >= 4 is 17.5 Å². The fourth-order valence-electron chi connectivity index (χ4n) is 2.32. The third-order valence-corrected chi connectivity index (χ3v) is 3.76. The van der Waals surface area contributed by atoms with Crippen LogP contribution in [-0.4, -0.2) is 29.8 Å². The van der Waals surface area contributed by atoms with Gasteiger partial charge in [-0.2, -0.15) is 0 Å². The first-order valence-electron chi connectivity index (χ1n) is 5.57. The van der Waals surface area contributed by atoms with Gasteiger partial charge in [-0.15, -0.1) is 11.6 Å². The highest BCUT2D eigenvalue weighted by atomic mass is 35.5. The van der Waals surface area contributed by atoms with Crippen LogP contribution < -0.4 is 0 Å². The first-order valence-corrected chi connectivity index (χ1v) is 6.10. The largest absolute Gasteiger partial charge is 0.342 e. The van der Waals surface area contributed by atoms with Crippen LogP contribution in [0.1, 0.15) is 26.2 Å². The summed E-state index contributed by atoms with van der Waals surface area (Å²) in [4.78, 5) is 13.9. The second kappa shape index (κ2) is 4.09. The van der Waals surface area contributed by atoms with E-state index in [1.54, 1.807) is 0 Å². The van der Waals surface area contributed by atoms with Gasteiger partial charge in [0, 0.05) is 24.9 Å². The Balaban J connectivity index is 1.80. The van der Waals surface area contributed by atoms with Gasteiger partial charge >= 0.3 is 0 Å². The van der Waals surface area contributed by atoms with Gasteiger partial charge in [-0.05, 0) is 31.1 Å². The molecule has 1 saturated carbocycles. The molecule has 0 aromatic carbocycles. The minimum Gasteiger partial charge on any atom is -0.342 e. The number of hydrogen-bond donors (Lipinski definition) is 0. The minimum absolute atomic E-state index is 0.352. The SMILES string of the molecule is CC1CC1C(=O)N1CCC(CCCl)C1. The van der Waals surface area contributed by atoms with Crippen LogP contribution in [0.4, 0.5) is 0 Å². The zero-order chi connectivity index (χ0) is 10.1. The van der Waals surface area contributed by atoms with E-state index in [0.717, 1.165) is 38.2 Å². The standard InChI is InChI=1S/C11H18ClNO/c1-8-6-10(8)11(14)13-5-3-9(7-13)2-4-12/h8-10H,2-7H2,1H3. The summed E-state index contributed by atoms with van der Waals surface area (Å²) in [6.45, 7) is 4.08. The molecular weight excluding hydrogens is 198 g/mol. The maximum atomic E-state index is 11.9. The van der Waals surface area contributed by atoms with Gasteiger partial charge in [-0.25, -0.2) is 0 Å². The number of hydrogen-bond acceptors (Lipinski definition) is 1. The van der Waals surface area contributed by atoms with Crippen LogP contribution >= 0.6 is 11.6 Å². The Labute approximate surface area is 90.6 Å². The van der Waals surface area contributed by atoms with E-state index in [9.17, 15) is 4.79 Å². The molecule has 1 saturated heterocycles. The Morgan fingerprint density at radius 2 is 2.29 bits per heavy atom. The Morgan fingerprint density at radius 3 is 2.86 bits per heavy atom. The average Bonchev–Trinajstić information content (AvgIpc) is 2.71. The maximum absolute atomic E-state index is 11.9. The molecule has 2 nitrogen and oxygen atoms in total. The van der Waals surface area contributed by atoms with E-state index >= 15 is 0 Å². The molecule has 0 N–H and O–H groups in total. The molecule has 3 atom stereocenters. The minimum atomic E-state index is 0.352. The van der Waals surface area contributed by atoms with Crippen LogP contribution in [0.2, 0.25) is 0 Å². The van der Waals surface area contributed by atoms with Crippen LogP contribution in [0.5, 0.6) is 0 Å². The highest BCUT2D eigenvalue weighted by Gasteiger charge is 2.42. The van der Waals surface area contributed by atoms with Gasteiger partial charge in [0.2, 0.25) is 5.91 Å². The highest BCUT2D eigenvalue weighted by molar-refractivity contribution is 6.17. The summed E-state index contributed by atoms with van der Waals surface area (Å²) in [5.74, 6) is 2.77. The lowest BCUT2D eigenvalue weighted by Crippen LogP contribution is -2.30. The monoisotopic (exact) mass is 215 g/mol. The Kier molecular flexibility index (Phi) is 3.01. The van der Waals surface area contributed by atoms with E-state index < -0.39 is 0 Å². The van der Waals surface area contributed by atoms with Crippen LogP contribution in [0, 0.1) is 17.8 Å². The molecule has 1 aliphatic heterocycles. The normalized spacial score (nSPS) is 36.1. The van der Waals surface area contributed by atoms with Crippen LogP contribution in [0.25, 0.3) is 0 Å². The smallest absolute Gasteiger partial charge is 0.225 e. The summed E-state index contributed by atoms with van der Waals surface area (Å²) in [5.41, 5.74) is 0. The topological polar surface area (TPSA) is 20.3 Å². The van der Waals surface area contributed by atoms with Crippen molar-refractivity contribution < 1.29 is 4.79 Å². The predicted molar refractivity (Wildman–Crippen MR) is 57.3 cm³/mol. The second-order valence-corrected chi connectivity index (χ2v) is 5.11. The van der Waals surface area contributed by atoms with E-state index in [1.807, 2.05) is 4.90 Å². The van der Waals surface area contributed by atoms with Gasteiger partial charge in [0.05, 0.1) is 0 Å². The second-order valence-electron chi connectivity index (χ2n) is 4.74. The van der Waals surface area contributed by atoms with Crippen molar-refractivity contribution in [2.24, 2.45) is 17.8 Å². The third-order valence-electron chi connectivity index (χ3n) is 3.54. The number of halogens is 1. The summed E-state index contributed by atoms with van der Waals surface area (Å²) < 4.78 is 0. The fourth-order valence-corrected chi connectivity index (χ4v) is 2.63. The summed E-state index contributed by atoms with van der Waals surface area (Å²) >= 11 is 5.70. The number of amides is 1. The van der Waals surface area contributed by atoms with E-state index in [4.69, 9.17) is 11.6 Å². The van der Waals surface area contributed by atoms with Gasteiger partial charge in [-0.1, -0.05) is 6.92 Å². The summed E-state index contributed by atoms with van der Waals surface area (Å²) in [7, 11) is 0. The zero-order valence-corrected chi connectivity index (χ0v) is 9.46. The Bertz CT molecular complexity index is 231. The van der Waals surface area contributed by atoms with Crippen molar-refractivity contribution in [1.29, 1.82) is 0 Å². The molecule has 0 radical (unpaired) electrons. The van der Waals surface area contributed by atoms with Crippen LogP contribution in [0.15, 0.2) is 0 Å². The molecule has 2 fully saturated rings. The zero-order valence-electron chi connectivity index (χ0n) is 8.71. The molecular formula is C11H18ClNO. The molecule has 80 valence electrons. The highest BCUT2D eigenvalue weighted by Crippen LogP contribution is 2.40. The molecule has 1 aliphatic carbocycles. The van der Waals surface area contributed by atoms with Crippen molar-refractivity contribution in [3.8, 4) is 0 Å². The van der Waals surface area contributed by atoms with E-state index in [1.165, 1.54) is 0 Å². The van der Waals surface area contributed by atoms with Crippen molar-refractivity contribution in [1.82, 2.24) is 4.90 Å². The number of rotatable bonds is 3. The van der Waals surface area contributed by atoms with Crippen molar-refractivity contribution in [2.75, 3.05) is 19.0 Å². The summed E-state index contributed by atoms with van der Waals surface area (Å²) in [6.07, 6.45) is 3.32. The van der Waals surface area contributed by atoms with Gasteiger partial charge in [0.1, 0.15) is 0 Å². The van der Waals surface area contributed by atoms with Gasteiger partial charge < -0.3 is 4.90 Å². The van der Waals surface area contributed by atoms with Crippen molar-refractivity contribution in [3.05, 3.63) is 0 Å². The molecule has 3 heteroatoms. The number of carbonyl (C=O) groups excluding carboxylic acids is 1.